The third kappa shape index (κ3) is 7.60. The summed E-state index contributed by atoms with van der Waals surface area (Å²) in [4.78, 5) is 62.6. The number of alkyl carbamates (subject to hydrolysis) is 1. The van der Waals surface area contributed by atoms with E-state index in [1.165, 1.54) is 7.11 Å². The largest absolute Gasteiger partial charge is 0.453 e. The van der Waals surface area contributed by atoms with E-state index in [4.69, 9.17) is 11.5 Å². The number of amides is 4. The Morgan fingerprint density at radius 2 is 1.67 bits per heavy atom. The lowest BCUT2D eigenvalue weighted by Gasteiger charge is -2.36. The minimum absolute atomic E-state index is 0.0521. The standard InChI is InChI=1S/C26H44N8O5/c1-15(2)21(32-26(38)39-4)25(37)34-12-7-10-19(34)23(28)31-16(3)30-22(27)17-8-5-6-9-18(17)24(36)33-13-11-29-20(35)14-33/h15-19,21H,5-14H2,1-4H3,(H2,27,30)(H2,28,31)(H,29,35)(H,32,38)/t16?,17?,18?,19-,21-/m0/s1. The lowest BCUT2D eigenvalue weighted by Crippen LogP contribution is -2.54. The third-order valence-electron chi connectivity index (χ3n) is 7.75. The number of likely N-dealkylation sites (tertiary alicyclic amines) is 1. The topological polar surface area (TPSA) is 185 Å². The summed E-state index contributed by atoms with van der Waals surface area (Å²) in [6.07, 6.45) is 3.46. The highest BCUT2D eigenvalue weighted by Crippen LogP contribution is 2.32. The Labute approximate surface area is 230 Å². The Bertz CT molecular complexity index is 983. The summed E-state index contributed by atoms with van der Waals surface area (Å²) in [7, 11) is 1.26. The lowest BCUT2D eigenvalue weighted by atomic mass is 9.77. The molecule has 2 aliphatic heterocycles. The molecule has 3 unspecified atom stereocenters. The number of hydrogen-bond donors (Lipinski definition) is 4. The maximum Gasteiger partial charge on any atom is 0.407 e. The van der Waals surface area contributed by atoms with Crippen molar-refractivity contribution in [2.24, 2.45) is 39.2 Å². The molecule has 0 spiro atoms. The zero-order valence-electron chi connectivity index (χ0n) is 23.5. The fourth-order valence-corrected chi connectivity index (χ4v) is 5.70. The number of carbonyl (C=O) groups excluding carboxylic acids is 4. The summed E-state index contributed by atoms with van der Waals surface area (Å²) >= 11 is 0. The van der Waals surface area contributed by atoms with Crippen LogP contribution in [0, 0.1) is 17.8 Å². The van der Waals surface area contributed by atoms with Gasteiger partial charge in [-0.3, -0.25) is 14.4 Å². The second kappa shape index (κ2) is 13.6. The summed E-state index contributed by atoms with van der Waals surface area (Å²) < 4.78 is 4.68. The Hall–Kier alpha value is -3.38. The average Bonchev–Trinajstić information content (AvgIpc) is 3.41. The molecule has 3 aliphatic rings. The van der Waals surface area contributed by atoms with Gasteiger partial charge in [-0.1, -0.05) is 26.7 Å². The van der Waals surface area contributed by atoms with E-state index in [1.54, 1.807) is 16.7 Å². The van der Waals surface area contributed by atoms with Crippen LogP contribution in [0.3, 0.4) is 0 Å². The molecule has 6 N–H and O–H groups in total. The van der Waals surface area contributed by atoms with Gasteiger partial charge in [0.05, 0.1) is 19.7 Å². The number of piperazine rings is 1. The van der Waals surface area contributed by atoms with Crippen molar-refractivity contribution in [2.75, 3.05) is 33.3 Å². The van der Waals surface area contributed by atoms with E-state index >= 15 is 0 Å². The zero-order chi connectivity index (χ0) is 28.7. The van der Waals surface area contributed by atoms with E-state index in [1.807, 2.05) is 13.8 Å². The second-order valence-electron chi connectivity index (χ2n) is 10.9. The number of aliphatic imine (C=N–C) groups is 2. The maximum absolute atomic E-state index is 13.3. The molecule has 0 aromatic carbocycles. The minimum Gasteiger partial charge on any atom is -0.453 e. The molecule has 0 aromatic heterocycles. The van der Waals surface area contributed by atoms with E-state index in [9.17, 15) is 19.2 Å². The Morgan fingerprint density at radius 1 is 1.00 bits per heavy atom. The smallest absolute Gasteiger partial charge is 0.407 e. The van der Waals surface area contributed by atoms with Crippen LogP contribution in [0.1, 0.15) is 59.3 Å². The van der Waals surface area contributed by atoms with E-state index < -0.39 is 24.3 Å². The molecule has 2 saturated heterocycles. The number of nitrogens with one attached hydrogen (secondary N) is 2. The second-order valence-corrected chi connectivity index (χ2v) is 10.9. The predicted octanol–water partition coefficient (Wildman–Crippen LogP) is 0.183. The van der Waals surface area contributed by atoms with E-state index in [0.717, 1.165) is 25.7 Å². The van der Waals surface area contributed by atoms with Gasteiger partial charge in [0.15, 0.2) is 0 Å². The summed E-state index contributed by atoms with van der Waals surface area (Å²) in [6, 6.07) is -1.16. The van der Waals surface area contributed by atoms with Crippen LogP contribution in [0.4, 0.5) is 4.79 Å². The van der Waals surface area contributed by atoms with Gasteiger partial charge in [0.25, 0.3) is 0 Å². The minimum atomic E-state index is -0.747. The number of rotatable bonds is 8. The SMILES string of the molecule is COC(=O)N[C@H](C(=O)N1CCC[C@H]1C(N)=NC(C)N=C(N)C1CCCCC1C(=O)N1CCNC(=O)C1)C(C)C. The molecule has 4 amide bonds. The maximum atomic E-state index is 13.3. The van der Waals surface area contributed by atoms with Crippen molar-refractivity contribution < 1.29 is 23.9 Å². The molecule has 3 rings (SSSR count). The predicted molar refractivity (Wildman–Crippen MR) is 147 cm³/mol. The highest BCUT2D eigenvalue weighted by atomic mass is 16.5. The normalized spacial score (nSPS) is 26.2. The number of ether oxygens (including phenoxy) is 1. The molecule has 2 heterocycles. The fourth-order valence-electron chi connectivity index (χ4n) is 5.70. The van der Waals surface area contributed by atoms with Crippen LogP contribution in [0.2, 0.25) is 0 Å². The first-order valence-corrected chi connectivity index (χ1v) is 13.9. The van der Waals surface area contributed by atoms with Gasteiger partial charge in [-0.15, -0.1) is 0 Å². The average molecular weight is 549 g/mol. The quantitative estimate of drug-likeness (QED) is 0.246. The zero-order valence-corrected chi connectivity index (χ0v) is 23.5. The summed E-state index contributed by atoms with van der Waals surface area (Å²) in [5.74, 6) is -0.491. The van der Waals surface area contributed by atoms with Crippen molar-refractivity contribution in [2.45, 2.75) is 77.5 Å². The van der Waals surface area contributed by atoms with Crippen molar-refractivity contribution in [3.05, 3.63) is 0 Å². The molecule has 0 radical (unpaired) electrons. The molecular formula is C26H44N8O5. The molecular weight excluding hydrogens is 504 g/mol. The van der Waals surface area contributed by atoms with Gasteiger partial charge < -0.3 is 36.6 Å². The van der Waals surface area contributed by atoms with Crippen LogP contribution in [0.15, 0.2) is 9.98 Å². The highest BCUT2D eigenvalue weighted by molar-refractivity contribution is 5.94. The summed E-state index contributed by atoms with van der Waals surface area (Å²) in [6.45, 7) is 6.99. The Balaban J connectivity index is 1.71. The van der Waals surface area contributed by atoms with Gasteiger partial charge >= 0.3 is 6.09 Å². The monoisotopic (exact) mass is 548 g/mol. The molecule has 3 fully saturated rings. The first-order chi connectivity index (χ1) is 18.5. The molecule has 5 atom stereocenters. The molecule has 1 saturated carbocycles. The third-order valence-corrected chi connectivity index (χ3v) is 7.75. The first kappa shape index (κ1) is 30.2. The highest BCUT2D eigenvalue weighted by Gasteiger charge is 2.39. The van der Waals surface area contributed by atoms with Crippen molar-refractivity contribution in [3.8, 4) is 0 Å². The molecule has 0 aromatic rings. The van der Waals surface area contributed by atoms with Crippen molar-refractivity contribution >= 4 is 35.5 Å². The van der Waals surface area contributed by atoms with Crippen LogP contribution in [-0.4, -0.2) is 96.8 Å². The van der Waals surface area contributed by atoms with Crippen molar-refractivity contribution in [1.29, 1.82) is 0 Å². The molecule has 218 valence electrons. The number of hydrogen-bond acceptors (Lipinski definition) is 7. The van der Waals surface area contributed by atoms with Gasteiger partial charge in [-0.25, -0.2) is 14.8 Å². The van der Waals surface area contributed by atoms with Crippen LogP contribution < -0.4 is 22.1 Å². The number of methoxy groups -OCH3 is 1. The lowest BCUT2D eigenvalue weighted by molar-refractivity contribution is -0.143. The van der Waals surface area contributed by atoms with Crippen LogP contribution in [0.25, 0.3) is 0 Å². The molecule has 39 heavy (non-hydrogen) atoms. The van der Waals surface area contributed by atoms with Crippen molar-refractivity contribution in [1.82, 2.24) is 20.4 Å². The van der Waals surface area contributed by atoms with Gasteiger partial charge in [0, 0.05) is 31.5 Å². The fraction of sp³-hybridized carbons (Fsp3) is 0.769. The molecule has 13 heteroatoms. The van der Waals surface area contributed by atoms with E-state index in [-0.39, 0.29) is 47.9 Å². The van der Waals surface area contributed by atoms with Crippen LogP contribution in [-0.2, 0) is 19.1 Å². The van der Waals surface area contributed by atoms with Gasteiger partial charge in [0.1, 0.15) is 23.9 Å². The van der Waals surface area contributed by atoms with Gasteiger partial charge in [-0.2, -0.15) is 0 Å². The summed E-state index contributed by atoms with van der Waals surface area (Å²) in [5.41, 5.74) is 12.8. The first-order valence-electron chi connectivity index (χ1n) is 13.9. The molecule has 1 aliphatic carbocycles. The van der Waals surface area contributed by atoms with Crippen LogP contribution >= 0.6 is 0 Å². The van der Waals surface area contributed by atoms with Crippen LogP contribution in [0.5, 0.6) is 0 Å². The number of nitrogens with two attached hydrogens (primary N) is 2. The van der Waals surface area contributed by atoms with E-state index in [0.29, 0.717) is 38.3 Å². The molecule has 13 nitrogen and oxygen atoms in total. The number of nitrogens with zero attached hydrogens (tertiary/aromatic N) is 4. The van der Waals surface area contributed by atoms with Crippen molar-refractivity contribution in [3.63, 3.8) is 0 Å². The number of amidine groups is 2. The summed E-state index contributed by atoms with van der Waals surface area (Å²) in [5, 5.41) is 5.37. The van der Waals surface area contributed by atoms with E-state index in [2.05, 4.69) is 25.4 Å². The van der Waals surface area contributed by atoms with Gasteiger partial charge in [-0.05, 0) is 38.5 Å². The molecule has 0 bridgehead atoms. The Kier molecular flexibility index (Phi) is 10.5. The Morgan fingerprint density at radius 3 is 2.31 bits per heavy atom. The van der Waals surface area contributed by atoms with Gasteiger partial charge in [0.2, 0.25) is 17.7 Å². The number of carbonyl (C=O) groups is 4.